The molecule has 1 rings (SSSR count). The van der Waals surface area contributed by atoms with Gasteiger partial charge in [0.2, 0.25) is 0 Å². The summed E-state index contributed by atoms with van der Waals surface area (Å²) in [5, 5.41) is 0. The predicted octanol–water partition coefficient (Wildman–Crippen LogP) is 4.75. The highest BCUT2D eigenvalue weighted by atomic mass is 127. The minimum atomic E-state index is -2.44. The summed E-state index contributed by atoms with van der Waals surface area (Å²) < 4.78 is 26.5. The molecule has 5 heteroatoms. The van der Waals surface area contributed by atoms with E-state index in [0.717, 1.165) is 0 Å². The van der Waals surface area contributed by atoms with Crippen LogP contribution in [-0.2, 0) is 0 Å². The van der Waals surface area contributed by atoms with Gasteiger partial charge in [-0.1, -0.05) is 15.9 Å². The molecule has 1 aromatic carbocycles. The third-order valence-electron chi connectivity index (χ3n) is 1.30. The topological polar surface area (TPSA) is 0 Å². The Hall–Kier alpha value is 0.770. The second-order valence-electron chi connectivity index (χ2n) is 2.06. The van der Waals surface area contributed by atoms with E-state index < -0.39 is 6.43 Å². The Labute approximate surface area is 99.1 Å². The van der Waals surface area contributed by atoms with Crippen LogP contribution in [0.3, 0.4) is 0 Å². The molecule has 0 unspecified atom stereocenters. The van der Waals surface area contributed by atoms with Gasteiger partial charge in [0.25, 0.3) is 6.43 Å². The summed E-state index contributed by atoms with van der Waals surface area (Å²) in [6.07, 6.45) is -2.44. The fourth-order valence-electron chi connectivity index (χ4n) is 0.743. The van der Waals surface area contributed by atoms with Crippen LogP contribution < -0.4 is 0 Å². The van der Waals surface area contributed by atoms with Crippen molar-refractivity contribution in [2.45, 2.75) is 6.43 Å². The lowest BCUT2D eigenvalue weighted by Crippen LogP contribution is -1.91. The van der Waals surface area contributed by atoms with Crippen LogP contribution in [0, 0.1) is 3.57 Å². The highest BCUT2D eigenvalue weighted by Gasteiger charge is 2.16. The molecule has 0 N–H and O–H groups in total. The molecular weight excluding hydrogens is 409 g/mol. The first-order chi connectivity index (χ1) is 5.54. The Balaban J connectivity index is 3.33. The molecule has 0 aliphatic heterocycles. The van der Waals surface area contributed by atoms with Crippen LogP contribution in [0.25, 0.3) is 0 Å². The van der Waals surface area contributed by atoms with Crippen molar-refractivity contribution in [1.29, 1.82) is 0 Å². The molecule has 0 amide bonds. The summed E-state index contributed by atoms with van der Waals surface area (Å²) in [5.74, 6) is 0. The molecule has 1 aromatic rings. The van der Waals surface area contributed by atoms with Crippen molar-refractivity contribution in [2.24, 2.45) is 0 Å². The zero-order chi connectivity index (χ0) is 9.30. The average molecular weight is 412 g/mol. The maximum absolute atomic E-state index is 12.4. The summed E-state index contributed by atoms with van der Waals surface area (Å²) in [7, 11) is 0. The lowest BCUT2D eigenvalue weighted by Gasteiger charge is -2.07. The van der Waals surface area contributed by atoms with Gasteiger partial charge < -0.3 is 0 Å². The lowest BCUT2D eigenvalue weighted by molar-refractivity contribution is 0.149. The van der Waals surface area contributed by atoms with Gasteiger partial charge in [0.1, 0.15) is 0 Å². The van der Waals surface area contributed by atoms with Crippen molar-refractivity contribution in [1.82, 2.24) is 0 Å². The van der Waals surface area contributed by atoms with Gasteiger partial charge in [0.05, 0.1) is 0 Å². The SMILES string of the molecule is FC(F)c1c(Br)ccc(Br)c1I. The van der Waals surface area contributed by atoms with E-state index in [1.807, 2.05) is 22.6 Å². The van der Waals surface area contributed by atoms with Crippen molar-refractivity contribution >= 4 is 54.5 Å². The van der Waals surface area contributed by atoms with Crippen molar-refractivity contribution < 1.29 is 8.78 Å². The smallest absolute Gasteiger partial charge is 0.205 e. The molecule has 0 nitrogen and oxygen atoms in total. The van der Waals surface area contributed by atoms with E-state index in [1.165, 1.54) is 0 Å². The molecule has 12 heavy (non-hydrogen) atoms. The zero-order valence-corrected chi connectivity index (χ0v) is 11.0. The summed E-state index contributed by atoms with van der Waals surface area (Å²) in [6.45, 7) is 0. The maximum atomic E-state index is 12.4. The summed E-state index contributed by atoms with van der Waals surface area (Å²) in [5.41, 5.74) is 0.0463. The van der Waals surface area contributed by atoms with Gasteiger partial charge in [-0.05, 0) is 50.7 Å². The van der Waals surface area contributed by atoms with Crippen LogP contribution >= 0.6 is 54.5 Å². The minimum absolute atomic E-state index is 0.0463. The molecule has 0 spiro atoms. The van der Waals surface area contributed by atoms with E-state index in [0.29, 0.717) is 12.5 Å². The quantitative estimate of drug-likeness (QED) is 0.462. The highest BCUT2D eigenvalue weighted by molar-refractivity contribution is 14.1. The number of hydrogen-bond acceptors (Lipinski definition) is 0. The second kappa shape index (κ2) is 4.32. The Morgan fingerprint density at radius 2 is 1.67 bits per heavy atom. The standard InChI is InChI=1S/C7H3Br2F2I/c8-3-1-2-4(9)6(12)5(3)7(10)11/h1-2,7H. The third-order valence-corrected chi connectivity index (χ3v) is 4.55. The normalized spacial score (nSPS) is 10.8. The number of hydrogen-bond donors (Lipinski definition) is 0. The molecule has 0 saturated carbocycles. The van der Waals surface area contributed by atoms with E-state index >= 15 is 0 Å². The Kier molecular flexibility index (Phi) is 3.91. The first-order valence-corrected chi connectivity index (χ1v) is 5.62. The Morgan fingerprint density at radius 3 is 2.08 bits per heavy atom. The molecule has 0 aliphatic rings. The van der Waals surface area contributed by atoms with E-state index in [1.54, 1.807) is 12.1 Å². The maximum Gasteiger partial charge on any atom is 0.265 e. The van der Waals surface area contributed by atoms with Gasteiger partial charge in [-0.2, -0.15) is 0 Å². The fourth-order valence-corrected chi connectivity index (χ4v) is 2.67. The molecule has 0 fully saturated rings. The van der Waals surface area contributed by atoms with Gasteiger partial charge in [-0.15, -0.1) is 0 Å². The van der Waals surface area contributed by atoms with Gasteiger partial charge in [-0.25, -0.2) is 8.78 Å². The molecule has 0 heterocycles. The molecule has 0 aromatic heterocycles. The molecule has 0 radical (unpaired) electrons. The van der Waals surface area contributed by atoms with E-state index in [4.69, 9.17) is 0 Å². The minimum Gasteiger partial charge on any atom is -0.205 e. The summed E-state index contributed by atoms with van der Waals surface area (Å²) in [4.78, 5) is 0. The van der Waals surface area contributed by atoms with Crippen molar-refractivity contribution in [3.63, 3.8) is 0 Å². The van der Waals surface area contributed by atoms with Gasteiger partial charge in [0, 0.05) is 18.1 Å². The summed E-state index contributed by atoms with van der Waals surface area (Å²) >= 11 is 8.15. The molecule has 0 bridgehead atoms. The molecule has 0 atom stereocenters. The van der Waals surface area contributed by atoms with Gasteiger partial charge in [0.15, 0.2) is 0 Å². The molecule has 0 saturated heterocycles. The molecular formula is C7H3Br2F2I. The van der Waals surface area contributed by atoms with Crippen LogP contribution in [0.4, 0.5) is 8.78 Å². The van der Waals surface area contributed by atoms with Crippen LogP contribution in [0.15, 0.2) is 21.1 Å². The van der Waals surface area contributed by atoms with Crippen molar-refractivity contribution in [3.05, 3.63) is 30.2 Å². The zero-order valence-electron chi connectivity index (χ0n) is 5.62. The average Bonchev–Trinajstić information content (AvgIpc) is 1.97. The van der Waals surface area contributed by atoms with Crippen LogP contribution in [0.5, 0.6) is 0 Å². The molecule has 66 valence electrons. The van der Waals surface area contributed by atoms with Gasteiger partial charge in [-0.3, -0.25) is 0 Å². The third kappa shape index (κ3) is 2.17. The van der Waals surface area contributed by atoms with Crippen LogP contribution in [0.1, 0.15) is 12.0 Å². The van der Waals surface area contributed by atoms with E-state index in [-0.39, 0.29) is 5.56 Å². The largest absolute Gasteiger partial charge is 0.265 e. The van der Waals surface area contributed by atoms with E-state index in [2.05, 4.69) is 31.9 Å². The second-order valence-corrected chi connectivity index (χ2v) is 4.84. The summed E-state index contributed by atoms with van der Waals surface area (Å²) in [6, 6.07) is 3.34. The van der Waals surface area contributed by atoms with Gasteiger partial charge >= 0.3 is 0 Å². The van der Waals surface area contributed by atoms with E-state index in [9.17, 15) is 8.78 Å². The van der Waals surface area contributed by atoms with Crippen LogP contribution in [0.2, 0.25) is 0 Å². The number of halogens is 5. The number of benzene rings is 1. The monoisotopic (exact) mass is 410 g/mol. The lowest BCUT2D eigenvalue weighted by atomic mass is 10.2. The van der Waals surface area contributed by atoms with Crippen molar-refractivity contribution in [3.8, 4) is 0 Å². The van der Waals surface area contributed by atoms with Crippen LogP contribution in [-0.4, -0.2) is 0 Å². The highest BCUT2D eigenvalue weighted by Crippen LogP contribution is 2.35. The first-order valence-electron chi connectivity index (χ1n) is 2.95. The predicted molar refractivity (Wildman–Crippen MR) is 59.5 cm³/mol. The molecule has 0 aliphatic carbocycles. The number of rotatable bonds is 1. The number of alkyl halides is 2. The Bertz CT molecular complexity index is 302. The first kappa shape index (κ1) is 10.8. The van der Waals surface area contributed by atoms with Crippen molar-refractivity contribution in [2.75, 3.05) is 0 Å². The Morgan fingerprint density at radius 1 is 1.17 bits per heavy atom. The fraction of sp³-hybridized carbons (Fsp3) is 0.143.